The molecule has 2 rings (SSSR count). The molecule has 0 aliphatic heterocycles. The van der Waals surface area contributed by atoms with E-state index >= 15 is 0 Å². The molecule has 0 saturated heterocycles. The number of hydrogen-bond donors (Lipinski definition) is 0. The molecule has 0 amide bonds. The topological polar surface area (TPSA) is 37.4 Å². The van der Waals surface area contributed by atoms with E-state index in [-0.39, 0.29) is 6.04 Å². The summed E-state index contributed by atoms with van der Waals surface area (Å²) >= 11 is 5.70. The second-order valence-corrected chi connectivity index (χ2v) is 8.05. The Morgan fingerprint density at radius 3 is 2.30 bits per heavy atom. The highest BCUT2D eigenvalue weighted by atomic mass is 35.5. The largest absolute Gasteiger partial charge is 0.243 e. The lowest BCUT2D eigenvalue weighted by Crippen LogP contribution is -2.36. The van der Waals surface area contributed by atoms with Crippen molar-refractivity contribution in [2.45, 2.75) is 44.0 Å². The third kappa shape index (κ3) is 3.74. The van der Waals surface area contributed by atoms with Crippen LogP contribution in [0.3, 0.4) is 0 Å². The zero-order valence-corrected chi connectivity index (χ0v) is 13.6. The molecule has 1 aliphatic rings. The van der Waals surface area contributed by atoms with Crippen molar-refractivity contribution in [1.82, 2.24) is 4.31 Å². The molecule has 0 heterocycles. The second-order valence-electron chi connectivity index (χ2n) is 5.78. The van der Waals surface area contributed by atoms with Crippen LogP contribution in [0.4, 0.5) is 0 Å². The molecule has 3 nitrogen and oxygen atoms in total. The van der Waals surface area contributed by atoms with Crippen molar-refractivity contribution in [3.05, 3.63) is 29.8 Å². The van der Waals surface area contributed by atoms with Crippen LogP contribution < -0.4 is 0 Å². The minimum Gasteiger partial charge on any atom is -0.207 e. The Hall–Kier alpha value is -0.580. The quantitative estimate of drug-likeness (QED) is 0.724. The number of halogens is 1. The van der Waals surface area contributed by atoms with Gasteiger partial charge >= 0.3 is 0 Å². The summed E-state index contributed by atoms with van der Waals surface area (Å²) in [6.45, 7) is 4.69. The molecule has 0 unspecified atom stereocenters. The number of alkyl halides is 1. The van der Waals surface area contributed by atoms with E-state index in [1.165, 1.54) is 0 Å². The van der Waals surface area contributed by atoms with Crippen molar-refractivity contribution in [2.75, 3.05) is 12.4 Å². The normalized spacial score (nSPS) is 16.1. The molecule has 1 saturated carbocycles. The van der Waals surface area contributed by atoms with E-state index in [4.69, 9.17) is 11.6 Å². The van der Waals surface area contributed by atoms with Crippen LogP contribution in [0, 0.1) is 5.92 Å². The number of hydrogen-bond acceptors (Lipinski definition) is 2. The molecule has 0 aromatic heterocycles. The molecule has 1 fully saturated rings. The molecule has 112 valence electrons. The molecule has 0 radical (unpaired) electrons. The minimum absolute atomic E-state index is 0.199. The fraction of sp³-hybridized carbons (Fsp3) is 0.600. The predicted molar refractivity (Wildman–Crippen MR) is 82.6 cm³/mol. The predicted octanol–water partition coefficient (Wildman–Crippen LogP) is 3.28. The first-order valence-electron chi connectivity index (χ1n) is 7.12. The van der Waals surface area contributed by atoms with Gasteiger partial charge in [-0.25, -0.2) is 8.42 Å². The van der Waals surface area contributed by atoms with Gasteiger partial charge in [0.05, 0.1) is 4.90 Å². The van der Waals surface area contributed by atoms with Crippen molar-refractivity contribution < 1.29 is 8.42 Å². The van der Waals surface area contributed by atoms with Crippen LogP contribution in [0.15, 0.2) is 29.2 Å². The Labute approximate surface area is 127 Å². The highest BCUT2D eigenvalue weighted by Crippen LogP contribution is 2.32. The Bertz CT molecular complexity index is 535. The summed E-state index contributed by atoms with van der Waals surface area (Å²) in [4.78, 5) is 0.392. The van der Waals surface area contributed by atoms with Gasteiger partial charge in [-0.3, -0.25) is 0 Å². The van der Waals surface area contributed by atoms with E-state index in [0.29, 0.717) is 23.2 Å². The number of aryl methyl sites for hydroxylation is 1. The van der Waals surface area contributed by atoms with E-state index < -0.39 is 10.0 Å². The van der Waals surface area contributed by atoms with Crippen molar-refractivity contribution >= 4 is 21.6 Å². The lowest BCUT2D eigenvalue weighted by Gasteiger charge is -2.23. The maximum absolute atomic E-state index is 12.7. The fourth-order valence-electron chi connectivity index (χ4n) is 2.24. The van der Waals surface area contributed by atoms with Crippen molar-refractivity contribution in [3.63, 3.8) is 0 Å². The van der Waals surface area contributed by atoms with E-state index in [0.717, 1.165) is 24.8 Å². The number of rotatable bonds is 7. The standard InChI is InChI=1S/C15H22ClNO2S/c1-12(2)11-17(14-5-6-14)20(18,19)15-7-3-13(4-8-15)9-10-16/h3-4,7-8,12,14H,5-6,9-11H2,1-2H3. The molecule has 1 aromatic carbocycles. The first-order chi connectivity index (χ1) is 9.45. The van der Waals surface area contributed by atoms with Gasteiger partial charge in [0.15, 0.2) is 0 Å². The maximum Gasteiger partial charge on any atom is 0.243 e. The lowest BCUT2D eigenvalue weighted by atomic mass is 10.2. The smallest absolute Gasteiger partial charge is 0.207 e. The molecule has 0 spiro atoms. The summed E-state index contributed by atoms with van der Waals surface area (Å²) in [5, 5.41) is 0. The van der Waals surface area contributed by atoms with Crippen LogP contribution >= 0.6 is 11.6 Å². The van der Waals surface area contributed by atoms with Crippen LogP contribution in [0.25, 0.3) is 0 Å². The van der Waals surface area contributed by atoms with Gasteiger partial charge < -0.3 is 0 Å². The van der Waals surface area contributed by atoms with Crippen LogP contribution in [0.1, 0.15) is 32.3 Å². The van der Waals surface area contributed by atoms with Crippen LogP contribution in [-0.2, 0) is 16.4 Å². The number of sulfonamides is 1. The SMILES string of the molecule is CC(C)CN(C1CC1)S(=O)(=O)c1ccc(CCCl)cc1. The van der Waals surface area contributed by atoms with Crippen LogP contribution in [0.5, 0.6) is 0 Å². The number of benzene rings is 1. The first kappa shape index (κ1) is 15.8. The van der Waals surface area contributed by atoms with Crippen LogP contribution in [0.2, 0.25) is 0 Å². The van der Waals surface area contributed by atoms with Gasteiger partial charge in [0, 0.05) is 18.5 Å². The highest BCUT2D eigenvalue weighted by Gasteiger charge is 2.38. The molecule has 1 aliphatic carbocycles. The Kier molecular flexibility index (Phi) is 5.10. The Morgan fingerprint density at radius 2 is 1.85 bits per heavy atom. The molecule has 1 aromatic rings. The molecule has 0 N–H and O–H groups in total. The summed E-state index contributed by atoms with van der Waals surface area (Å²) < 4.78 is 27.1. The van der Waals surface area contributed by atoms with Crippen molar-refractivity contribution in [3.8, 4) is 0 Å². The monoisotopic (exact) mass is 315 g/mol. The maximum atomic E-state index is 12.7. The van der Waals surface area contributed by atoms with E-state index in [2.05, 4.69) is 13.8 Å². The van der Waals surface area contributed by atoms with Gasteiger partial charge in [0.1, 0.15) is 0 Å². The summed E-state index contributed by atoms with van der Waals surface area (Å²) in [5.74, 6) is 0.883. The Morgan fingerprint density at radius 1 is 1.25 bits per heavy atom. The Balaban J connectivity index is 2.23. The summed E-state index contributed by atoms with van der Waals surface area (Å²) in [7, 11) is -3.36. The van der Waals surface area contributed by atoms with Crippen LogP contribution in [-0.4, -0.2) is 31.2 Å². The van der Waals surface area contributed by atoms with E-state index in [1.54, 1.807) is 16.4 Å². The third-order valence-electron chi connectivity index (χ3n) is 3.41. The zero-order valence-electron chi connectivity index (χ0n) is 12.0. The third-order valence-corrected chi connectivity index (χ3v) is 5.53. The minimum atomic E-state index is -3.36. The average molecular weight is 316 g/mol. The van der Waals surface area contributed by atoms with E-state index in [1.807, 2.05) is 12.1 Å². The van der Waals surface area contributed by atoms with Crippen molar-refractivity contribution in [2.24, 2.45) is 5.92 Å². The summed E-state index contributed by atoms with van der Waals surface area (Å²) in [6.07, 6.45) is 2.73. The molecule has 5 heteroatoms. The van der Waals surface area contributed by atoms with Crippen molar-refractivity contribution in [1.29, 1.82) is 0 Å². The van der Waals surface area contributed by atoms with Gasteiger partial charge in [-0.2, -0.15) is 4.31 Å². The van der Waals surface area contributed by atoms with Gasteiger partial charge in [-0.1, -0.05) is 26.0 Å². The fourth-order valence-corrected chi connectivity index (χ4v) is 4.31. The second kappa shape index (κ2) is 6.46. The summed E-state index contributed by atoms with van der Waals surface area (Å²) in [5.41, 5.74) is 1.07. The number of nitrogens with zero attached hydrogens (tertiary/aromatic N) is 1. The average Bonchev–Trinajstić information content (AvgIpc) is 3.21. The summed E-state index contributed by atoms with van der Waals surface area (Å²) in [6, 6.07) is 7.32. The molecular formula is C15H22ClNO2S. The first-order valence-corrected chi connectivity index (χ1v) is 9.09. The highest BCUT2D eigenvalue weighted by molar-refractivity contribution is 7.89. The zero-order chi connectivity index (χ0) is 14.8. The van der Waals surface area contributed by atoms with Gasteiger partial charge in [0.25, 0.3) is 0 Å². The lowest BCUT2D eigenvalue weighted by molar-refractivity contribution is 0.360. The molecule has 0 bridgehead atoms. The molecule has 0 atom stereocenters. The molecule has 20 heavy (non-hydrogen) atoms. The molecular weight excluding hydrogens is 294 g/mol. The van der Waals surface area contributed by atoms with Gasteiger partial charge in [-0.05, 0) is 42.9 Å². The van der Waals surface area contributed by atoms with E-state index in [9.17, 15) is 8.42 Å². The van der Waals surface area contributed by atoms with Gasteiger partial charge in [-0.15, -0.1) is 11.6 Å². The van der Waals surface area contributed by atoms with Gasteiger partial charge in [0.2, 0.25) is 10.0 Å².